The van der Waals surface area contributed by atoms with Crippen molar-refractivity contribution in [3.63, 3.8) is 0 Å². The lowest BCUT2D eigenvalue weighted by Crippen LogP contribution is -2.16. The summed E-state index contributed by atoms with van der Waals surface area (Å²) in [5.74, 6) is 1.50. The topological polar surface area (TPSA) is 51.0 Å². The summed E-state index contributed by atoms with van der Waals surface area (Å²) in [4.78, 5) is 4.38. The third-order valence-electron chi connectivity index (χ3n) is 3.11. The van der Waals surface area contributed by atoms with E-state index < -0.39 is 0 Å². The summed E-state index contributed by atoms with van der Waals surface area (Å²) in [6.45, 7) is 0.722. The molecule has 1 aliphatic rings. The van der Waals surface area contributed by atoms with E-state index in [0.717, 1.165) is 31.1 Å². The average Bonchev–Trinajstić information content (AvgIpc) is 3.14. The standard InChI is InChI=1S/C14H17N3O/c1-2-4-11(5-3-1)6-9-14-16-13(17-18-14)10-15-12-7-8-12/h1-5,12,15H,6-10H2. The van der Waals surface area contributed by atoms with Gasteiger partial charge in [0, 0.05) is 12.5 Å². The normalized spacial score (nSPS) is 14.9. The fourth-order valence-electron chi connectivity index (χ4n) is 1.88. The van der Waals surface area contributed by atoms with Crippen LogP contribution in [0, 0.1) is 0 Å². The van der Waals surface area contributed by atoms with Crippen LogP contribution in [0.25, 0.3) is 0 Å². The Morgan fingerprint density at radius 2 is 2.00 bits per heavy atom. The Morgan fingerprint density at radius 3 is 2.78 bits per heavy atom. The largest absolute Gasteiger partial charge is 0.339 e. The summed E-state index contributed by atoms with van der Waals surface area (Å²) in [6.07, 6.45) is 4.30. The van der Waals surface area contributed by atoms with E-state index in [-0.39, 0.29) is 0 Å². The van der Waals surface area contributed by atoms with E-state index >= 15 is 0 Å². The maximum Gasteiger partial charge on any atom is 0.227 e. The second-order valence-corrected chi connectivity index (χ2v) is 4.75. The molecule has 0 bridgehead atoms. The first-order valence-corrected chi connectivity index (χ1v) is 6.49. The van der Waals surface area contributed by atoms with Gasteiger partial charge < -0.3 is 9.84 Å². The van der Waals surface area contributed by atoms with Crippen LogP contribution in [0.3, 0.4) is 0 Å². The molecule has 0 amide bonds. The highest BCUT2D eigenvalue weighted by Gasteiger charge is 2.20. The number of nitrogens with one attached hydrogen (secondary N) is 1. The molecular weight excluding hydrogens is 226 g/mol. The molecule has 0 atom stereocenters. The first-order chi connectivity index (χ1) is 8.90. The van der Waals surface area contributed by atoms with Crippen molar-refractivity contribution in [2.75, 3.05) is 0 Å². The van der Waals surface area contributed by atoms with Crippen LogP contribution in [-0.4, -0.2) is 16.2 Å². The zero-order valence-electron chi connectivity index (χ0n) is 10.3. The molecule has 94 valence electrons. The maximum atomic E-state index is 5.24. The van der Waals surface area contributed by atoms with Crippen molar-refractivity contribution >= 4 is 0 Å². The quantitative estimate of drug-likeness (QED) is 0.844. The van der Waals surface area contributed by atoms with Gasteiger partial charge in [-0.2, -0.15) is 4.98 Å². The second-order valence-electron chi connectivity index (χ2n) is 4.75. The van der Waals surface area contributed by atoms with Crippen molar-refractivity contribution in [1.82, 2.24) is 15.5 Å². The number of rotatable bonds is 6. The second kappa shape index (κ2) is 5.31. The molecule has 1 aromatic carbocycles. The van der Waals surface area contributed by atoms with Gasteiger partial charge in [-0.1, -0.05) is 35.5 Å². The molecule has 1 heterocycles. The summed E-state index contributed by atoms with van der Waals surface area (Å²) in [5, 5.41) is 7.35. The number of aromatic nitrogens is 2. The monoisotopic (exact) mass is 243 g/mol. The Morgan fingerprint density at radius 1 is 1.17 bits per heavy atom. The predicted octanol–water partition coefficient (Wildman–Crippen LogP) is 2.11. The third kappa shape index (κ3) is 3.17. The van der Waals surface area contributed by atoms with Gasteiger partial charge in [-0.3, -0.25) is 0 Å². The summed E-state index contributed by atoms with van der Waals surface area (Å²) >= 11 is 0. The first-order valence-electron chi connectivity index (χ1n) is 6.49. The van der Waals surface area contributed by atoms with Gasteiger partial charge in [-0.25, -0.2) is 0 Å². The van der Waals surface area contributed by atoms with Crippen molar-refractivity contribution in [2.24, 2.45) is 0 Å². The van der Waals surface area contributed by atoms with Crippen molar-refractivity contribution < 1.29 is 4.52 Å². The molecule has 0 spiro atoms. The number of nitrogens with zero attached hydrogens (tertiary/aromatic N) is 2. The summed E-state index contributed by atoms with van der Waals surface area (Å²) in [6, 6.07) is 11.0. The molecule has 4 nitrogen and oxygen atoms in total. The number of hydrogen-bond acceptors (Lipinski definition) is 4. The number of benzene rings is 1. The summed E-state index contributed by atoms with van der Waals surface area (Å²) in [5.41, 5.74) is 1.30. The van der Waals surface area contributed by atoms with Crippen LogP contribution in [0.2, 0.25) is 0 Å². The minimum absolute atomic E-state index is 0.677. The lowest BCUT2D eigenvalue weighted by Gasteiger charge is -1.96. The molecule has 3 rings (SSSR count). The van der Waals surface area contributed by atoms with E-state index in [9.17, 15) is 0 Å². The fourth-order valence-corrected chi connectivity index (χ4v) is 1.88. The Hall–Kier alpha value is -1.68. The van der Waals surface area contributed by atoms with Gasteiger partial charge in [0.25, 0.3) is 0 Å². The Kier molecular flexibility index (Phi) is 3.37. The lowest BCUT2D eigenvalue weighted by molar-refractivity contribution is 0.371. The molecular formula is C14H17N3O. The van der Waals surface area contributed by atoms with Crippen molar-refractivity contribution in [2.45, 2.75) is 38.3 Å². The zero-order valence-corrected chi connectivity index (χ0v) is 10.3. The van der Waals surface area contributed by atoms with Crippen LogP contribution in [0.15, 0.2) is 34.9 Å². The van der Waals surface area contributed by atoms with Crippen molar-refractivity contribution in [1.29, 1.82) is 0 Å². The van der Waals surface area contributed by atoms with Gasteiger partial charge in [-0.05, 0) is 24.8 Å². The fraction of sp³-hybridized carbons (Fsp3) is 0.429. The molecule has 18 heavy (non-hydrogen) atoms. The Labute approximate surface area is 106 Å². The van der Waals surface area contributed by atoms with Gasteiger partial charge in [0.1, 0.15) is 0 Å². The lowest BCUT2D eigenvalue weighted by atomic mass is 10.1. The van der Waals surface area contributed by atoms with E-state index in [1.165, 1.54) is 18.4 Å². The Bertz CT molecular complexity index is 491. The van der Waals surface area contributed by atoms with E-state index in [1.54, 1.807) is 0 Å². The zero-order chi connectivity index (χ0) is 12.2. The molecule has 1 N–H and O–H groups in total. The third-order valence-corrected chi connectivity index (χ3v) is 3.11. The molecule has 1 fully saturated rings. The van der Waals surface area contributed by atoms with Crippen LogP contribution < -0.4 is 5.32 Å². The summed E-state index contributed by atoms with van der Waals surface area (Å²) < 4.78 is 5.24. The molecule has 1 aliphatic carbocycles. The van der Waals surface area contributed by atoms with Gasteiger partial charge in [0.2, 0.25) is 5.89 Å². The number of hydrogen-bond donors (Lipinski definition) is 1. The van der Waals surface area contributed by atoms with Gasteiger partial charge >= 0.3 is 0 Å². The van der Waals surface area contributed by atoms with Crippen molar-refractivity contribution in [3.05, 3.63) is 47.6 Å². The van der Waals surface area contributed by atoms with Gasteiger partial charge in [-0.15, -0.1) is 0 Å². The minimum Gasteiger partial charge on any atom is -0.339 e. The van der Waals surface area contributed by atoms with E-state index in [2.05, 4.69) is 27.6 Å². The van der Waals surface area contributed by atoms with E-state index in [4.69, 9.17) is 4.52 Å². The van der Waals surface area contributed by atoms with Crippen LogP contribution in [0.1, 0.15) is 30.1 Å². The van der Waals surface area contributed by atoms with E-state index in [1.807, 2.05) is 18.2 Å². The molecule has 4 heteroatoms. The van der Waals surface area contributed by atoms with Gasteiger partial charge in [0.05, 0.1) is 6.54 Å². The highest BCUT2D eigenvalue weighted by molar-refractivity contribution is 5.15. The molecule has 2 aromatic rings. The molecule has 0 aliphatic heterocycles. The Balaban J connectivity index is 1.50. The minimum atomic E-state index is 0.677. The van der Waals surface area contributed by atoms with Gasteiger partial charge in [0.15, 0.2) is 5.82 Å². The average molecular weight is 243 g/mol. The van der Waals surface area contributed by atoms with Crippen LogP contribution >= 0.6 is 0 Å². The summed E-state index contributed by atoms with van der Waals surface area (Å²) in [7, 11) is 0. The predicted molar refractivity (Wildman–Crippen MR) is 68.0 cm³/mol. The smallest absolute Gasteiger partial charge is 0.227 e. The molecule has 1 aromatic heterocycles. The molecule has 0 saturated heterocycles. The number of aryl methyl sites for hydroxylation is 2. The van der Waals surface area contributed by atoms with Crippen LogP contribution in [0.4, 0.5) is 0 Å². The maximum absolute atomic E-state index is 5.24. The SMILES string of the molecule is c1ccc(CCc2nc(CNC3CC3)no2)cc1. The molecule has 0 unspecified atom stereocenters. The van der Waals surface area contributed by atoms with E-state index in [0.29, 0.717) is 6.04 Å². The highest BCUT2D eigenvalue weighted by atomic mass is 16.5. The van der Waals surface area contributed by atoms with Crippen LogP contribution in [0.5, 0.6) is 0 Å². The van der Waals surface area contributed by atoms with Crippen LogP contribution in [-0.2, 0) is 19.4 Å². The first kappa shape index (κ1) is 11.4. The molecule has 1 saturated carbocycles. The highest BCUT2D eigenvalue weighted by Crippen LogP contribution is 2.18. The molecule has 0 radical (unpaired) electrons. The van der Waals surface area contributed by atoms with Crippen molar-refractivity contribution in [3.8, 4) is 0 Å².